The molecular weight excluding hydrogens is 408 g/mol. The maximum absolute atomic E-state index is 12.5. The quantitative estimate of drug-likeness (QED) is 0.752. The molecule has 4 rings (SSSR count). The summed E-state index contributed by atoms with van der Waals surface area (Å²) >= 11 is 2.00. The van der Waals surface area contributed by atoms with Crippen molar-refractivity contribution in [3.8, 4) is 0 Å². The predicted octanol–water partition coefficient (Wildman–Crippen LogP) is 3.25. The highest BCUT2D eigenvalue weighted by Gasteiger charge is 2.21. The van der Waals surface area contributed by atoms with Crippen molar-refractivity contribution in [3.63, 3.8) is 0 Å². The summed E-state index contributed by atoms with van der Waals surface area (Å²) < 4.78 is 0. The van der Waals surface area contributed by atoms with E-state index in [9.17, 15) is 9.59 Å². The van der Waals surface area contributed by atoms with Crippen LogP contribution in [0.5, 0.6) is 0 Å². The molecule has 7 heteroatoms. The van der Waals surface area contributed by atoms with Gasteiger partial charge in [-0.25, -0.2) is 4.79 Å². The van der Waals surface area contributed by atoms with Crippen LogP contribution in [0.2, 0.25) is 0 Å². The van der Waals surface area contributed by atoms with Crippen LogP contribution in [0.25, 0.3) is 0 Å². The van der Waals surface area contributed by atoms with E-state index in [2.05, 4.69) is 33.7 Å². The average molecular weight is 439 g/mol. The molecule has 31 heavy (non-hydrogen) atoms. The second-order valence-corrected chi connectivity index (χ2v) is 9.35. The Hall–Kier alpha value is -2.51. The van der Waals surface area contributed by atoms with Gasteiger partial charge in [0.1, 0.15) is 0 Å². The number of urea groups is 1. The molecule has 0 bridgehead atoms. The van der Waals surface area contributed by atoms with Crippen LogP contribution in [0, 0.1) is 6.92 Å². The summed E-state index contributed by atoms with van der Waals surface area (Å²) in [5, 5.41) is 5.73. The zero-order valence-electron chi connectivity index (χ0n) is 18.0. The zero-order chi connectivity index (χ0) is 21.6. The van der Waals surface area contributed by atoms with Crippen molar-refractivity contribution in [2.24, 2.45) is 0 Å². The van der Waals surface area contributed by atoms with Gasteiger partial charge < -0.3 is 15.5 Å². The minimum atomic E-state index is -0.208. The molecule has 2 aromatic carbocycles. The number of thioether (sulfide) groups is 1. The Kier molecular flexibility index (Phi) is 7.14. The van der Waals surface area contributed by atoms with Gasteiger partial charge in [0.15, 0.2) is 0 Å². The highest BCUT2D eigenvalue weighted by Crippen LogP contribution is 2.22. The summed E-state index contributed by atoms with van der Waals surface area (Å²) in [7, 11) is 0. The number of hydrogen-bond acceptors (Lipinski definition) is 4. The summed E-state index contributed by atoms with van der Waals surface area (Å²) in [5.41, 5.74) is 5.61. The van der Waals surface area contributed by atoms with Crippen molar-refractivity contribution in [3.05, 3.63) is 64.7 Å². The molecule has 2 heterocycles. The van der Waals surface area contributed by atoms with E-state index in [0.717, 1.165) is 37.3 Å². The first-order valence-corrected chi connectivity index (χ1v) is 12.0. The molecule has 0 spiro atoms. The second kappa shape index (κ2) is 10.2. The Balaban J connectivity index is 1.29. The number of benzene rings is 2. The largest absolute Gasteiger partial charge is 0.329 e. The monoisotopic (exact) mass is 438 g/mol. The van der Waals surface area contributed by atoms with Crippen LogP contribution in [-0.4, -0.2) is 59.4 Å². The molecule has 0 aromatic heterocycles. The van der Waals surface area contributed by atoms with Crippen molar-refractivity contribution in [2.75, 3.05) is 43.0 Å². The predicted molar refractivity (Wildman–Crippen MR) is 126 cm³/mol. The highest BCUT2D eigenvalue weighted by molar-refractivity contribution is 7.99. The number of carbonyl (C=O) groups excluding carboxylic acids is 2. The Morgan fingerprint density at radius 2 is 1.77 bits per heavy atom. The van der Waals surface area contributed by atoms with Gasteiger partial charge in [0.25, 0.3) is 0 Å². The van der Waals surface area contributed by atoms with Gasteiger partial charge in [-0.15, -0.1) is 0 Å². The molecule has 3 amide bonds. The number of rotatable bonds is 5. The lowest BCUT2D eigenvalue weighted by atomic mass is 10.0. The van der Waals surface area contributed by atoms with Gasteiger partial charge in [0, 0.05) is 49.9 Å². The Morgan fingerprint density at radius 3 is 2.58 bits per heavy atom. The Morgan fingerprint density at radius 1 is 1.00 bits per heavy atom. The van der Waals surface area contributed by atoms with Gasteiger partial charge >= 0.3 is 6.03 Å². The van der Waals surface area contributed by atoms with Gasteiger partial charge in [-0.2, -0.15) is 11.8 Å². The van der Waals surface area contributed by atoms with Crippen molar-refractivity contribution in [1.82, 2.24) is 15.1 Å². The molecule has 0 aliphatic carbocycles. The molecule has 6 nitrogen and oxygen atoms in total. The molecule has 2 aromatic rings. The third-order valence-electron chi connectivity index (χ3n) is 6.04. The summed E-state index contributed by atoms with van der Waals surface area (Å²) in [6.45, 7) is 6.38. The fourth-order valence-electron chi connectivity index (χ4n) is 4.12. The van der Waals surface area contributed by atoms with E-state index in [1.54, 1.807) is 4.90 Å². The fraction of sp³-hybridized carbons (Fsp3) is 0.417. The number of hydrogen-bond donors (Lipinski definition) is 2. The lowest BCUT2D eigenvalue weighted by Crippen LogP contribution is -2.45. The van der Waals surface area contributed by atoms with E-state index in [4.69, 9.17) is 0 Å². The summed E-state index contributed by atoms with van der Waals surface area (Å²) in [6, 6.07) is 14.0. The summed E-state index contributed by atoms with van der Waals surface area (Å²) in [5.74, 6) is 2.15. The van der Waals surface area contributed by atoms with E-state index in [0.29, 0.717) is 13.1 Å². The van der Waals surface area contributed by atoms with Gasteiger partial charge in [-0.3, -0.25) is 9.69 Å². The highest BCUT2D eigenvalue weighted by atomic mass is 32.2. The number of amides is 3. The number of carbonyl (C=O) groups is 2. The van der Waals surface area contributed by atoms with Crippen LogP contribution in [0.4, 0.5) is 10.5 Å². The van der Waals surface area contributed by atoms with Crippen LogP contribution in [-0.2, 0) is 24.3 Å². The average Bonchev–Trinajstić information content (AvgIpc) is 2.80. The van der Waals surface area contributed by atoms with Crippen molar-refractivity contribution < 1.29 is 9.59 Å². The SMILES string of the molecule is Cc1c(CN2CCSCC2)cccc1NC(=O)CNC(=O)N1CCc2ccccc2C1. The zero-order valence-corrected chi connectivity index (χ0v) is 18.8. The minimum Gasteiger partial charge on any atom is -0.329 e. The van der Waals surface area contributed by atoms with E-state index in [1.807, 2.05) is 43.0 Å². The van der Waals surface area contributed by atoms with Crippen LogP contribution in [0.1, 0.15) is 22.3 Å². The topological polar surface area (TPSA) is 64.7 Å². The van der Waals surface area contributed by atoms with E-state index in [-0.39, 0.29) is 18.5 Å². The Bertz CT molecular complexity index is 943. The van der Waals surface area contributed by atoms with Crippen molar-refractivity contribution in [2.45, 2.75) is 26.4 Å². The van der Waals surface area contributed by atoms with E-state index < -0.39 is 0 Å². The molecule has 2 aliphatic rings. The van der Waals surface area contributed by atoms with Gasteiger partial charge in [-0.05, 0) is 41.7 Å². The molecule has 1 saturated heterocycles. The Labute approximate surface area is 188 Å². The molecule has 0 saturated carbocycles. The maximum Gasteiger partial charge on any atom is 0.318 e. The summed E-state index contributed by atoms with van der Waals surface area (Å²) in [6.07, 6.45) is 0.845. The number of nitrogens with one attached hydrogen (secondary N) is 2. The molecule has 2 aliphatic heterocycles. The molecule has 0 unspecified atom stereocenters. The van der Waals surface area contributed by atoms with Gasteiger partial charge in [0.2, 0.25) is 5.91 Å². The third kappa shape index (κ3) is 5.60. The second-order valence-electron chi connectivity index (χ2n) is 8.13. The standard InChI is InChI=1S/C24H30N4O2S/c1-18-20(16-27-11-13-31-14-12-27)7-4-8-22(18)26-23(29)15-25-24(30)28-10-9-19-5-2-3-6-21(19)17-28/h2-8H,9-17H2,1H3,(H,25,30)(H,26,29). The number of fused-ring (bicyclic) bond motifs is 1. The first-order valence-electron chi connectivity index (χ1n) is 10.9. The molecule has 1 fully saturated rings. The number of anilines is 1. The maximum atomic E-state index is 12.5. The molecule has 0 radical (unpaired) electrons. The van der Waals surface area contributed by atoms with Gasteiger partial charge in [0.05, 0.1) is 6.54 Å². The van der Waals surface area contributed by atoms with Crippen LogP contribution in [0.3, 0.4) is 0 Å². The molecule has 2 N–H and O–H groups in total. The van der Waals surface area contributed by atoms with Crippen molar-refractivity contribution in [1.29, 1.82) is 0 Å². The molecule has 164 valence electrons. The van der Waals surface area contributed by atoms with Gasteiger partial charge in [-0.1, -0.05) is 36.4 Å². The lowest BCUT2D eigenvalue weighted by molar-refractivity contribution is -0.115. The van der Waals surface area contributed by atoms with Crippen LogP contribution in [0.15, 0.2) is 42.5 Å². The first-order chi connectivity index (χ1) is 15.1. The first kappa shape index (κ1) is 21.7. The van der Waals surface area contributed by atoms with Crippen LogP contribution < -0.4 is 10.6 Å². The van der Waals surface area contributed by atoms with Crippen LogP contribution >= 0.6 is 11.8 Å². The molecule has 0 atom stereocenters. The summed E-state index contributed by atoms with van der Waals surface area (Å²) in [4.78, 5) is 29.3. The lowest BCUT2D eigenvalue weighted by Gasteiger charge is -2.29. The normalized spacial score (nSPS) is 16.5. The smallest absolute Gasteiger partial charge is 0.318 e. The fourth-order valence-corrected chi connectivity index (χ4v) is 5.10. The van der Waals surface area contributed by atoms with E-state index in [1.165, 1.54) is 28.2 Å². The molecular formula is C24H30N4O2S. The van der Waals surface area contributed by atoms with E-state index >= 15 is 0 Å². The minimum absolute atomic E-state index is 0.0377. The number of nitrogens with zero attached hydrogens (tertiary/aromatic N) is 2. The van der Waals surface area contributed by atoms with Crippen molar-refractivity contribution >= 4 is 29.4 Å². The third-order valence-corrected chi connectivity index (χ3v) is 6.98.